The fourth-order valence-electron chi connectivity index (χ4n) is 2.29. The lowest BCUT2D eigenvalue weighted by atomic mass is 10.1. The molecule has 3 nitrogen and oxygen atoms in total. The number of β-amino-alcohol motifs (C(OH)–C–C–N with tert-alkyl or cyclic N) is 1. The zero-order chi connectivity index (χ0) is 13.8. The Balaban J connectivity index is 2.12. The maximum absolute atomic E-state index is 12.1. The van der Waals surface area contributed by atoms with Crippen molar-refractivity contribution in [2.75, 3.05) is 13.1 Å². The molecule has 0 saturated carbocycles. The average molecular weight is 280 g/mol. The second kappa shape index (κ2) is 6.22. The smallest absolute Gasteiger partial charge is 0.246 e. The Hall–Kier alpha value is -1.32. The number of likely N-dealkylation sites (tertiary alicyclic amines) is 1. The summed E-state index contributed by atoms with van der Waals surface area (Å²) in [5.41, 5.74) is 1.71. The van der Waals surface area contributed by atoms with Gasteiger partial charge in [-0.3, -0.25) is 4.79 Å². The number of carbonyl (C=O) groups excluding carboxylic acids is 1. The highest BCUT2D eigenvalue weighted by molar-refractivity contribution is 6.32. The molecular formula is C15H18ClNO2. The zero-order valence-corrected chi connectivity index (χ0v) is 11.7. The highest BCUT2D eigenvalue weighted by Gasteiger charge is 2.20. The van der Waals surface area contributed by atoms with Crippen LogP contribution >= 0.6 is 11.6 Å². The predicted molar refractivity (Wildman–Crippen MR) is 76.9 cm³/mol. The minimum Gasteiger partial charge on any atom is -0.391 e. The minimum atomic E-state index is -0.397. The molecule has 1 aliphatic heterocycles. The first-order valence-electron chi connectivity index (χ1n) is 6.48. The van der Waals surface area contributed by atoms with Crippen LogP contribution in [0.4, 0.5) is 0 Å². The molecular weight excluding hydrogens is 262 g/mol. The molecule has 1 unspecified atom stereocenters. The molecule has 0 radical (unpaired) electrons. The second-order valence-electron chi connectivity index (χ2n) is 4.89. The molecule has 0 aromatic heterocycles. The van der Waals surface area contributed by atoms with Gasteiger partial charge in [0.15, 0.2) is 0 Å². The molecule has 1 saturated heterocycles. The van der Waals surface area contributed by atoms with E-state index in [0.29, 0.717) is 18.1 Å². The summed E-state index contributed by atoms with van der Waals surface area (Å²) in [4.78, 5) is 13.8. The monoisotopic (exact) mass is 279 g/mol. The number of hydrogen-bond donors (Lipinski definition) is 1. The van der Waals surface area contributed by atoms with E-state index in [9.17, 15) is 9.90 Å². The van der Waals surface area contributed by atoms with Gasteiger partial charge in [-0.1, -0.05) is 29.8 Å². The number of piperidine rings is 1. The lowest BCUT2D eigenvalue weighted by Crippen LogP contribution is -2.41. The largest absolute Gasteiger partial charge is 0.391 e. The number of hydrogen-bond acceptors (Lipinski definition) is 2. The number of allylic oxidation sites excluding steroid dienone is 1. The summed E-state index contributed by atoms with van der Waals surface area (Å²) >= 11 is 6.11. The number of aliphatic hydroxyl groups is 1. The van der Waals surface area contributed by atoms with Crippen molar-refractivity contribution >= 4 is 23.1 Å². The molecule has 1 heterocycles. The number of carbonyl (C=O) groups is 1. The van der Waals surface area contributed by atoms with E-state index in [1.807, 2.05) is 31.2 Å². The molecule has 0 bridgehead atoms. The summed E-state index contributed by atoms with van der Waals surface area (Å²) in [6.45, 7) is 3.01. The van der Waals surface area contributed by atoms with Crippen LogP contribution in [0.5, 0.6) is 0 Å². The van der Waals surface area contributed by atoms with Gasteiger partial charge in [-0.2, -0.15) is 0 Å². The Morgan fingerprint density at radius 2 is 2.21 bits per heavy atom. The van der Waals surface area contributed by atoms with Crippen LogP contribution in [0.1, 0.15) is 25.3 Å². The zero-order valence-electron chi connectivity index (χ0n) is 11.0. The van der Waals surface area contributed by atoms with Gasteiger partial charge >= 0.3 is 0 Å². The lowest BCUT2D eigenvalue weighted by Gasteiger charge is -2.29. The molecule has 1 fully saturated rings. The van der Waals surface area contributed by atoms with Gasteiger partial charge in [0.05, 0.1) is 6.10 Å². The highest BCUT2D eigenvalue weighted by Crippen LogP contribution is 2.23. The standard InChI is InChI=1S/C15H18ClNO2/c1-11(13-6-2-3-7-14(13)16)9-15(19)17-8-4-5-12(18)10-17/h2-3,6-7,9,12,18H,4-5,8,10H2,1H3/b11-9-. The van der Waals surface area contributed by atoms with Gasteiger partial charge in [-0.15, -0.1) is 0 Å². The van der Waals surface area contributed by atoms with Crippen molar-refractivity contribution in [1.82, 2.24) is 4.90 Å². The molecule has 2 rings (SSSR count). The SMILES string of the molecule is C/C(=C/C(=O)N1CCCC(O)C1)c1ccccc1Cl. The molecule has 4 heteroatoms. The van der Waals surface area contributed by atoms with Crippen molar-refractivity contribution in [1.29, 1.82) is 0 Å². The number of benzene rings is 1. The van der Waals surface area contributed by atoms with Gasteiger partial charge < -0.3 is 10.0 Å². The van der Waals surface area contributed by atoms with Crippen LogP contribution < -0.4 is 0 Å². The van der Waals surface area contributed by atoms with Crippen molar-refractivity contribution in [3.63, 3.8) is 0 Å². The Labute approximate surface area is 118 Å². The predicted octanol–water partition coefficient (Wildman–Crippen LogP) is 2.73. The number of aliphatic hydroxyl groups excluding tert-OH is 1. The Morgan fingerprint density at radius 1 is 1.47 bits per heavy atom. The lowest BCUT2D eigenvalue weighted by molar-refractivity contribution is -0.128. The van der Waals surface area contributed by atoms with Crippen LogP contribution in [0.25, 0.3) is 5.57 Å². The van der Waals surface area contributed by atoms with Crippen molar-refractivity contribution < 1.29 is 9.90 Å². The molecule has 0 aliphatic carbocycles. The first kappa shape index (κ1) is 14.1. The first-order chi connectivity index (χ1) is 9.08. The van der Waals surface area contributed by atoms with E-state index in [-0.39, 0.29) is 5.91 Å². The number of rotatable bonds is 2. The van der Waals surface area contributed by atoms with Gasteiger partial charge in [0.1, 0.15) is 0 Å². The van der Waals surface area contributed by atoms with Gasteiger partial charge in [-0.25, -0.2) is 0 Å². The van der Waals surface area contributed by atoms with E-state index in [1.165, 1.54) is 0 Å². The van der Waals surface area contributed by atoms with Crippen molar-refractivity contribution in [3.8, 4) is 0 Å². The van der Waals surface area contributed by atoms with E-state index in [4.69, 9.17) is 11.6 Å². The summed E-state index contributed by atoms with van der Waals surface area (Å²) in [7, 11) is 0. The van der Waals surface area contributed by atoms with Crippen LogP contribution in [0.3, 0.4) is 0 Å². The van der Waals surface area contributed by atoms with Crippen LogP contribution in [0.2, 0.25) is 5.02 Å². The third-order valence-electron chi connectivity index (χ3n) is 3.35. The van der Waals surface area contributed by atoms with Crippen molar-refractivity contribution in [2.24, 2.45) is 0 Å². The maximum Gasteiger partial charge on any atom is 0.246 e. The Kier molecular flexibility index (Phi) is 4.61. The van der Waals surface area contributed by atoms with Gasteiger partial charge in [0.25, 0.3) is 0 Å². The summed E-state index contributed by atoms with van der Waals surface area (Å²) < 4.78 is 0. The molecule has 0 spiro atoms. The number of nitrogens with zero attached hydrogens (tertiary/aromatic N) is 1. The summed E-state index contributed by atoms with van der Waals surface area (Å²) in [5.74, 6) is -0.0591. The van der Waals surface area contributed by atoms with E-state index >= 15 is 0 Å². The Morgan fingerprint density at radius 3 is 2.89 bits per heavy atom. The maximum atomic E-state index is 12.1. The fourth-order valence-corrected chi connectivity index (χ4v) is 2.57. The molecule has 1 N–H and O–H groups in total. The van der Waals surface area contributed by atoms with Crippen molar-refractivity contribution in [2.45, 2.75) is 25.9 Å². The highest BCUT2D eigenvalue weighted by atomic mass is 35.5. The van der Waals surface area contributed by atoms with E-state index in [1.54, 1.807) is 11.0 Å². The van der Waals surface area contributed by atoms with E-state index in [2.05, 4.69) is 0 Å². The molecule has 1 amide bonds. The second-order valence-corrected chi connectivity index (χ2v) is 5.29. The molecule has 1 aromatic carbocycles. The number of amides is 1. The fraction of sp³-hybridized carbons (Fsp3) is 0.400. The topological polar surface area (TPSA) is 40.5 Å². The molecule has 1 aromatic rings. The molecule has 1 aliphatic rings. The van der Waals surface area contributed by atoms with Crippen LogP contribution in [-0.2, 0) is 4.79 Å². The van der Waals surface area contributed by atoms with E-state index in [0.717, 1.165) is 24.0 Å². The molecule has 1 atom stereocenters. The molecule has 102 valence electrons. The Bertz CT molecular complexity index is 499. The summed E-state index contributed by atoms with van der Waals surface area (Å²) in [6, 6.07) is 7.46. The first-order valence-corrected chi connectivity index (χ1v) is 6.86. The van der Waals surface area contributed by atoms with Crippen LogP contribution in [0.15, 0.2) is 30.3 Å². The third-order valence-corrected chi connectivity index (χ3v) is 3.68. The third kappa shape index (κ3) is 3.58. The van der Waals surface area contributed by atoms with E-state index < -0.39 is 6.10 Å². The quantitative estimate of drug-likeness (QED) is 0.846. The van der Waals surface area contributed by atoms with Crippen LogP contribution in [-0.4, -0.2) is 35.1 Å². The van der Waals surface area contributed by atoms with Gasteiger partial charge in [0.2, 0.25) is 5.91 Å². The van der Waals surface area contributed by atoms with Gasteiger partial charge in [-0.05, 0) is 37.0 Å². The minimum absolute atomic E-state index is 0.0591. The summed E-state index contributed by atoms with van der Waals surface area (Å²) in [6.07, 6.45) is 2.83. The van der Waals surface area contributed by atoms with Crippen molar-refractivity contribution in [3.05, 3.63) is 40.9 Å². The molecule has 19 heavy (non-hydrogen) atoms. The van der Waals surface area contributed by atoms with Gasteiger partial charge in [0, 0.05) is 24.2 Å². The average Bonchev–Trinajstić information content (AvgIpc) is 2.39. The number of halogens is 1. The normalized spacial score (nSPS) is 20.5. The van der Waals surface area contributed by atoms with Crippen LogP contribution in [0, 0.1) is 0 Å². The summed E-state index contributed by atoms with van der Waals surface area (Å²) in [5, 5.41) is 10.2.